The second kappa shape index (κ2) is 12.4. The third-order valence-corrected chi connectivity index (χ3v) is 3.69. The summed E-state index contributed by atoms with van der Waals surface area (Å²) in [7, 11) is 0. The Kier molecular flexibility index (Phi) is 9.81. The molecule has 0 amide bonds. The Labute approximate surface area is 178 Å². The van der Waals surface area contributed by atoms with E-state index in [-0.39, 0.29) is 0 Å². The topological polar surface area (TPSA) is 0 Å². The smallest absolute Gasteiger partial charge is 0.0771 e. The third-order valence-electron chi connectivity index (χ3n) is 3.69. The van der Waals surface area contributed by atoms with E-state index in [9.17, 15) is 0 Å². The first-order valence-electron chi connectivity index (χ1n) is 9.17. The van der Waals surface area contributed by atoms with Crippen LogP contribution in [0.5, 0.6) is 0 Å². The van der Waals surface area contributed by atoms with Crippen LogP contribution in [-0.2, 0) is 24.2 Å². The first-order chi connectivity index (χ1) is 13.2. The molecule has 0 saturated heterocycles. The van der Waals surface area contributed by atoms with Gasteiger partial charge in [-0.15, -0.1) is 52.6 Å². The second-order valence-corrected chi connectivity index (χ2v) is 8.78. The first-order valence-corrected chi connectivity index (χ1v) is 10.4. The summed E-state index contributed by atoms with van der Waals surface area (Å²) in [6, 6.07) is 19.3. The molecule has 5 rings (SSSR count). The van der Waals surface area contributed by atoms with Crippen molar-refractivity contribution in [3.63, 3.8) is 0 Å². The molecule has 0 nitrogen and oxygen atoms in total. The molecule has 3 aromatic rings. The fraction of sp³-hybridized carbons (Fsp3) is 0.154. The SMILES string of the molecule is C[C](C)=[Zr].[C-]1=CC=CC1.[C-]1=CC=CC1.c1ccc2c(c1)[cH-]c1ccccc12. The minimum atomic E-state index is 1.01. The molecule has 0 saturated carbocycles. The van der Waals surface area contributed by atoms with Gasteiger partial charge in [0.25, 0.3) is 0 Å². The standard InChI is InChI=1S/C13H9.2C5H5.C3H6.Zr/c1-3-7-12-10(5-1)9-11-6-2-4-8-13(11)12;2*1-2-4-5-3-1;1-3-2;/h1-9H;2*1-3H,4H2;1-2H3;/q3*-1;;. The van der Waals surface area contributed by atoms with E-state index in [2.05, 4.69) is 92.7 Å². The van der Waals surface area contributed by atoms with Crippen LogP contribution in [0.25, 0.3) is 21.5 Å². The van der Waals surface area contributed by atoms with Crippen LogP contribution in [0.3, 0.4) is 0 Å². The molecule has 0 heterocycles. The van der Waals surface area contributed by atoms with Gasteiger partial charge in [-0.25, -0.2) is 24.3 Å². The van der Waals surface area contributed by atoms with Crippen molar-refractivity contribution in [3.8, 4) is 0 Å². The number of fused-ring (bicyclic) bond motifs is 3. The molecule has 0 aromatic heterocycles. The van der Waals surface area contributed by atoms with Gasteiger partial charge in [-0.05, 0) is 0 Å². The fourth-order valence-corrected chi connectivity index (χ4v) is 2.58. The van der Waals surface area contributed by atoms with Crippen molar-refractivity contribution < 1.29 is 24.2 Å². The number of hydrogen-bond donors (Lipinski definition) is 0. The number of benzene rings is 2. The summed E-state index contributed by atoms with van der Waals surface area (Å²) in [6.45, 7) is 4.25. The van der Waals surface area contributed by atoms with E-state index >= 15 is 0 Å². The zero-order chi connectivity index (χ0) is 19.3. The van der Waals surface area contributed by atoms with Crippen LogP contribution < -0.4 is 0 Å². The van der Waals surface area contributed by atoms with E-state index in [1.807, 2.05) is 24.3 Å². The summed E-state index contributed by atoms with van der Waals surface area (Å²) in [5.41, 5.74) is 0. The van der Waals surface area contributed by atoms with E-state index in [4.69, 9.17) is 0 Å². The fourth-order valence-electron chi connectivity index (χ4n) is 2.58. The van der Waals surface area contributed by atoms with Gasteiger partial charge in [0.05, 0.1) is 0 Å². The van der Waals surface area contributed by atoms with Crippen LogP contribution in [0.4, 0.5) is 0 Å². The summed E-state index contributed by atoms with van der Waals surface area (Å²) >= 11 is 1.55. The van der Waals surface area contributed by atoms with Crippen molar-refractivity contribution in [2.75, 3.05) is 0 Å². The van der Waals surface area contributed by atoms with Crippen molar-refractivity contribution in [1.29, 1.82) is 0 Å². The number of allylic oxidation sites excluding steroid dienone is 8. The zero-order valence-electron chi connectivity index (χ0n) is 16.1. The molecular formula is C26H25Zr-3. The number of hydrogen-bond acceptors (Lipinski definition) is 0. The van der Waals surface area contributed by atoms with E-state index < -0.39 is 0 Å². The molecule has 0 atom stereocenters. The normalized spacial score (nSPS) is 12.8. The predicted molar refractivity (Wildman–Crippen MR) is 117 cm³/mol. The Morgan fingerprint density at radius 1 is 0.778 bits per heavy atom. The Morgan fingerprint density at radius 2 is 1.19 bits per heavy atom. The largest absolute Gasteiger partial charge is 0.273 e. The van der Waals surface area contributed by atoms with Gasteiger partial charge in [0.15, 0.2) is 0 Å². The van der Waals surface area contributed by atoms with Crippen molar-refractivity contribution in [3.05, 3.63) is 103 Å². The maximum atomic E-state index is 2.99. The molecule has 0 unspecified atom stereocenters. The predicted octanol–water partition coefficient (Wildman–Crippen LogP) is 7.07. The summed E-state index contributed by atoms with van der Waals surface area (Å²) < 4.78 is 1.51. The Morgan fingerprint density at radius 3 is 1.48 bits per heavy atom. The molecule has 2 aliphatic rings. The van der Waals surface area contributed by atoms with Gasteiger partial charge in [0.1, 0.15) is 0 Å². The Hall–Kier alpha value is -1.98. The molecule has 27 heavy (non-hydrogen) atoms. The molecule has 0 fully saturated rings. The van der Waals surface area contributed by atoms with Crippen molar-refractivity contribution in [2.24, 2.45) is 0 Å². The van der Waals surface area contributed by atoms with Gasteiger partial charge in [-0.1, -0.05) is 36.4 Å². The molecule has 0 spiro atoms. The minimum absolute atomic E-state index is 1.01. The summed E-state index contributed by atoms with van der Waals surface area (Å²) in [4.78, 5) is 0. The van der Waals surface area contributed by atoms with E-state index in [0.29, 0.717) is 0 Å². The van der Waals surface area contributed by atoms with Crippen molar-refractivity contribution >= 4 is 24.8 Å². The molecule has 1 heteroatoms. The van der Waals surface area contributed by atoms with Crippen molar-refractivity contribution in [1.82, 2.24) is 0 Å². The van der Waals surface area contributed by atoms with Gasteiger partial charge in [-0.3, -0.25) is 12.2 Å². The van der Waals surface area contributed by atoms with Gasteiger partial charge < -0.3 is 0 Å². The Balaban J connectivity index is 0.000000155. The average molecular weight is 429 g/mol. The van der Waals surface area contributed by atoms with E-state index in [1.54, 1.807) is 24.2 Å². The monoisotopic (exact) mass is 427 g/mol. The number of rotatable bonds is 0. The van der Waals surface area contributed by atoms with Crippen LogP contribution in [0, 0.1) is 12.2 Å². The summed E-state index contributed by atoms with van der Waals surface area (Å²) in [5.74, 6) is 0. The van der Waals surface area contributed by atoms with Crippen LogP contribution in [0.2, 0.25) is 0 Å². The van der Waals surface area contributed by atoms with Crippen molar-refractivity contribution in [2.45, 2.75) is 26.7 Å². The molecular weight excluding hydrogens is 404 g/mol. The molecule has 0 aliphatic heterocycles. The molecule has 136 valence electrons. The van der Waals surface area contributed by atoms with Crippen LogP contribution in [-0.4, -0.2) is 3.21 Å². The van der Waals surface area contributed by atoms with Gasteiger partial charge in [0.2, 0.25) is 0 Å². The average Bonchev–Trinajstić information content (AvgIpc) is 3.45. The minimum Gasteiger partial charge on any atom is -0.273 e. The van der Waals surface area contributed by atoms with Crippen LogP contribution in [0.1, 0.15) is 26.7 Å². The Bertz CT molecular complexity index is 868. The molecule has 0 bridgehead atoms. The zero-order valence-corrected chi connectivity index (χ0v) is 18.5. The molecule has 0 N–H and O–H groups in total. The molecule has 3 aromatic carbocycles. The van der Waals surface area contributed by atoms with Crippen LogP contribution in [0.15, 0.2) is 91.1 Å². The quantitative estimate of drug-likeness (QED) is 0.336. The van der Waals surface area contributed by atoms with Gasteiger partial charge in [0, 0.05) is 0 Å². The summed E-state index contributed by atoms with van der Waals surface area (Å²) in [5, 5.41) is 5.39. The first kappa shape index (κ1) is 21.3. The van der Waals surface area contributed by atoms with E-state index in [1.165, 1.54) is 24.8 Å². The maximum Gasteiger partial charge on any atom is -0.0771 e. The molecule has 2 aliphatic carbocycles. The summed E-state index contributed by atoms with van der Waals surface area (Å²) in [6.07, 6.45) is 20.0. The van der Waals surface area contributed by atoms with Crippen LogP contribution >= 0.6 is 0 Å². The van der Waals surface area contributed by atoms with Gasteiger partial charge in [-0.2, -0.15) is 12.2 Å². The second-order valence-electron chi connectivity index (χ2n) is 6.32. The molecule has 0 radical (unpaired) electrons. The van der Waals surface area contributed by atoms with Gasteiger partial charge >= 0.3 is 41.3 Å². The third kappa shape index (κ3) is 8.06. The van der Waals surface area contributed by atoms with E-state index in [0.717, 1.165) is 12.8 Å². The maximum absolute atomic E-state index is 2.99.